The van der Waals surface area contributed by atoms with E-state index >= 15 is 0 Å². The highest BCUT2D eigenvalue weighted by atomic mass is 19.2. The van der Waals surface area contributed by atoms with Gasteiger partial charge >= 0.3 is 0 Å². The normalized spacial score (nSPS) is 15.7. The Hall–Kier alpha value is -2.34. The summed E-state index contributed by atoms with van der Waals surface area (Å²) in [7, 11) is 0. The average molecular weight is 317 g/mol. The van der Waals surface area contributed by atoms with E-state index in [9.17, 15) is 13.6 Å². The van der Waals surface area contributed by atoms with Gasteiger partial charge in [-0.05, 0) is 23.8 Å². The van der Waals surface area contributed by atoms with Gasteiger partial charge in [-0.3, -0.25) is 14.7 Å². The van der Waals surface area contributed by atoms with Gasteiger partial charge in [-0.25, -0.2) is 8.78 Å². The number of pyridine rings is 1. The molecule has 1 aromatic carbocycles. The molecule has 1 amide bonds. The second-order valence-electron chi connectivity index (χ2n) is 5.53. The molecule has 1 saturated heterocycles. The third-order valence-electron chi connectivity index (χ3n) is 3.97. The zero-order chi connectivity index (χ0) is 16.2. The summed E-state index contributed by atoms with van der Waals surface area (Å²) in [6.45, 7) is 3.14. The zero-order valence-corrected chi connectivity index (χ0v) is 12.6. The molecule has 2 aromatic rings. The molecule has 1 aliphatic rings. The first kappa shape index (κ1) is 15.6. The minimum Gasteiger partial charge on any atom is -0.336 e. The third kappa shape index (κ3) is 3.53. The van der Waals surface area contributed by atoms with Gasteiger partial charge in [-0.1, -0.05) is 12.1 Å². The third-order valence-corrected chi connectivity index (χ3v) is 3.97. The van der Waals surface area contributed by atoms with E-state index in [4.69, 9.17) is 0 Å². The summed E-state index contributed by atoms with van der Waals surface area (Å²) in [4.78, 5) is 20.2. The molecule has 6 heteroatoms. The number of piperazine rings is 1. The molecule has 0 unspecified atom stereocenters. The monoisotopic (exact) mass is 317 g/mol. The fourth-order valence-corrected chi connectivity index (χ4v) is 2.70. The number of nitrogens with zero attached hydrogens (tertiary/aromatic N) is 3. The Labute approximate surface area is 133 Å². The Morgan fingerprint density at radius 1 is 1.09 bits per heavy atom. The second kappa shape index (κ2) is 6.83. The van der Waals surface area contributed by atoms with Crippen LogP contribution in [-0.4, -0.2) is 46.9 Å². The number of halogens is 2. The van der Waals surface area contributed by atoms with Crippen LogP contribution in [0.3, 0.4) is 0 Å². The van der Waals surface area contributed by atoms with Crippen LogP contribution in [-0.2, 0) is 6.54 Å². The molecule has 1 aromatic heterocycles. The second-order valence-corrected chi connectivity index (χ2v) is 5.53. The maximum absolute atomic E-state index is 13.7. The molecule has 2 heterocycles. The predicted octanol–water partition coefficient (Wildman–Crippen LogP) is 2.32. The van der Waals surface area contributed by atoms with Gasteiger partial charge in [-0.2, -0.15) is 0 Å². The van der Waals surface area contributed by atoms with Crippen LogP contribution < -0.4 is 0 Å². The van der Waals surface area contributed by atoms with Crippen LogP contribution in [0.2, 0.25) is 0 Å². The first-order valence-electron chi connectivity index (χ1n) is 7.49. The molecule has 0 N–H and O–H groups in total. The molecular weight excluding hydrogens is 300 g/mol. The summed E-state index contributed by atoms with van der Waals surface area (Å²) in [6.07, 6.45) is 3.55. The molecule has 0 radical (unpaired) electrons. The zero-order valence-electron chi connectivity index (χ0n) is 12.6. The van der Waals surface area contributed by atoms with E-state index in [0.717, 1.165) is 18.2 Å². The van der Waals surface area contributed by atoms with Crippen molar-refractivity contribution in [2.24, 2.45) is 0 Å². The predicted molar refractivity (Wildman–Crippen MR) is 81.8 cm³/mol. The van der Waals surface area contributed by atoms with Gasteiger partial charge in [0.15, 0.2) is 11.6 Å². The van der Waals surface area contributed by atoms with E-state index in [0.29, 0.717) is 26.2 Å². The fraction of sp³-hybridized carbons (Fsp3) is 0.294. The summed E-state index contributed by atoms with van der Waals surface area (Å²) < 4.78 is 27.0. The Kier molecular flexibility index (Phi) is 4.62. The minimum atomic E-state index is -1.07. The highest BCUT2D eigenvalue weighted by Crippen LogP contribution is 2.16. The van der Waals surface area contributed by atoms with Gasteiger partial charge in [0.25, 0.3) is 5.91 Å². The topological polar surface area (TPSA) is 36.4 Å². The highest BCUT2D eigenvalue weighted by Gasteiger charge is 2.25. The molecule has 1 aliphatic heterocycles. The molecule has 120 valence electrons. The van der Waals surface area contributed by atoms with Crippen LogP contribution in [0.5, 0.6) is 0 Å². The lowest BCUT2D eigenvalue weighted by Gasteiger charge is -2.34. The van der Waals surface area contributed by atoms with E-state index in [1.54, 1.807) is 11.1 Å². The Morgan fingerprint density at radius 3 is 2.57 bits per heavy atom. The van der Waals surface area contributed by atoms with Crippen molar-refractivity contribution in [1.29, 1.82) is 0 Å². The highest BCUT2D eigenvalue weighted by molar-refractivity contribution is 5.94. The van der Waals surface area contributed by atoms with Crippen LogP contribution in [0.25, 0.3) is 0 Å². The van der Waals surface area contributed by atoms with E-state index in [1.165, 1.54) is 12.1 Å². The quantitative estimate of drug-likeness (QED) is 0.872. The van der Waals surface area contributed by atoms with Crippen LogP contribution in [0, 0.1) is 11.6 Å². The molecule has 1 fully saturated rings. The first-order chi connectivity index (χ1) is 11.1. The van der Waals surface area contributed by atoms with Crippen molar-refractivity contribution in [2.45, 2.75) is 6.54 Å². The number of aromatic nitrogens is 1. The molecule has 23 heavy (non-hydrogen) atoms. The van der Waals surface area contributed by atoms with E-state index < -0.39 is 17.5 Å². The van der Waals surface area contributed by atoms with E-state index in [2.05, 4.69) is 9.88 Å². The Bertz CT molecular complexity index is 685. The van der Waals surface area contributed by atoms with Gasteiger partial charge < -0.3 is 4.90 Å². The molecule has 0 atom stereocenters. The van der Waals surface area contributed by atoms with Gasteiger partial charge in [0.2, 0.25) is 0 Å². The van der Waals surface area contributed by atoms with Crippen molar-refractivity contribution in [3.05, 3.63) is 65.5 Å². The van der Waals surface area contributed by atoms with E-state index in [1.807, 2.05) is 18.3 Å². The van der Waals surface area contributed by atoms with Gasteiger partial charge in [0.05, 0.1) is 5.56 Å². The molecule has 4 nitrogen and oxygen atoms in total. The van der Waals surface area contributed by atoms with Gasteiger partial charge in [-0.15, -0.1) is 0 Å². The molecular formula is C17H17F2N3O. The number of benzene rings is 1. The Morgan fingerprint density at radius 2 is 1.87 bits per heavy atom. The van der Waals surface area contributed by atoms with Crippen LogP contribution in [0.1, 0.15) is 15.9 Å². The average Bonchev–Trinajstić information content (AvgIpc) is 2.58. The van der Waals surface area contributed by atoms with Crippen LogP contribution >= 0.6 is 0 Å². The van der Waals surface area contributed by atoms with Crippen LogP contribution in [0.4, 0.5) is 8.78 Å². The number of hydrogen-bond donors (Lipinski definition) is 0. The van der Waals surface area contributed by atoms with Gasteiger partial charge in [0.1, 0.15) is 0 Å². The summed E-state index contributed by atoms with van der Waals surface area (Å²) >= 11 is 0. The van der Waals surface area contributed by atoms with Crippen molar-refractivity contribution < 1.29 is 13.6 Å². The van der Waals surface area contributed by atoms with Crippen molar-refractivity contribution in [3.8, 4) is 0 Å². The summed E-state index contributed by atoms with van der Waals surface area (Å²) in [5, 5.41) is 0. The first-order valence-corrected chi connectivity index (χ1v) is 7.49. The van der Waals surface area contributed by atoms with E-state index in [-0.39, 0.29) is 5.56 Å². The van der Waals surface area contributed by atoms with Crippen molar-refractivity contribution in [3.63, 3.8) is 0 Å². The number of carbonyl (C=O) groups is 1. The molecule has 3 rings (SSSR count). The van der Waals surface area contributed by atoms with Crippen molar-refractivity contribution in [2.75, 3.05) is 26.2 Å². The van der Waals surface area contributed by atoms with Crippen molar-refractivity contribution in [1.82, 2.24) is 14.8 Å². The lowest BCUT2D eigenvalue weighted by Crippen LogP contribution is -2.48. The Balaban J connectivity index is 1.60. The van der Waals surface area contributed by atoms with Crippen LogP contribution in [0.15, 0.2) is 42.7 Å². The summed E-state index contributed by atoms with van der Waals surface area (Å²) in [6, 6.07) is 7.58. The number of hydrogen-bond acceptors (Lipinski definition) is 3. The maximum Gasteiger partial charge on any atom is 0.257 e. The lowest BCUT2D eigenvalue weighted by molar-refractivity contribution is 0.0622. The largest absolute Gasteiger partial charge is 0.336 e. The number of amides is 1. The molecule has 0 spiro atoms. The summed E-state index contributed by atoms with van der Waals surface area (Å²) in [5.41, 5.74) is 0.911. The van der Waals surface area contributed by atoms with Crippen molar-refractivity contribution >= 4 is 5.91 Å². The standard InChI is InChI=1S/C17H17F2N3O/c18-15-5-1-4-14(16(15)19)17(23)22-9-7-21(8-10-22)12-13-3-2-6-20-11-13/h1-6,11H,7-10,12H2. The fourth-order valence-electron chi connectivity index (χ4n) is 2.70. The smallest absolute Gasteiger partial charge is 0.257 e. The molecule has 0 bridgehead atoms. The molecule has 0 saturated carbocycles. The molecule has 0 aliphatic carbocycles. The lowest BCUT2D eigenvalue weighted by atomic mass is 10.1. The summed E-state index contributed by atoms with van der Waals surface area (Å²) in [5.74, 6) is -2.52. The maximum atomic E-state index is 13.7. The number of carbonyl (C=O) groups excluding carboxylic acids is 1. The number of rotatable bonds is 3. The van der Waals surface area contributed by atoms with Gasteiger partial charge in [0, 0.05) is 45.1 Å². The minimum absolute atomic E-state index is 0.203. The SMILES string of the molecule is O=C(c1cccc(F)c1F)N1CCN(Cc2cccnc2)CC1.